The number of para-hydroxylation sites is 1. The van der Waals surface area contributed by atoms with E-state index in [1.54, 1.807) is 11.3 Å². The predicted octanol–water partition coefficient (Wildman–Crippen LogP) is 3.69. The molecule has 4 heteroatoms. The van der Waals surface area contributed by atoms with Crippen LogP contribution in [-0.4, -0.2) is 9.97 Å². The van der Waals surface area contributed by atoms with E-state index in [1.165, 1.54) is 0 Å². The van der Waals surface area contributed by atoms with Crippen molar-refractivity contribution in [3.05, 3.63) is 47.0 Å². The number of fused-ring (bicyclic) bond motifs is 1. The minimum atomic E-state index is 0.0201. The Bertz CT molecular complexity index is 731. The summed E-state index contributed by atoms with van der Waals surface area (Å²) < 4.78 is 0. The van der Waals surface area contributed by atoms with E-state index in [9.17, 15) is 0 Å². The molecule has 1 aromatic carbocycles. The van der Waals surface area contributed by atoms with Gasteiger partial charge in [0.25, 0.3) is 0 Å². The first-order chi connectivity index (χ1) is 9.15. The van der Waals surface area contributed by atoms with Gasteiger partial charge in [-0.25, -0.2) is 9.97 Å². The second-order valence-corrected chi connectivity index (χ2v) is 5.68. The third-order valence-electron chi connectivity index (χ3n) is 3.06. The fourth-order valence-electron chi connectivity index (χ4n) is 2.13. The minimum Gasteiger partial charge on any atom is -0.323 e. The third-order valence-corrected chi connectivity index (χ3v) is 4.44. The van der Waals surface area contributed by atoms with Crippen LogP contribution in [0.1, 0.15) is 23.5 Å². The first-order valence-corrected chi connectivity index (χ1v) is 7.06. The Morgan fingerprint density at radius 3 is 2.63 bits per heavy atom. The zero-order valence-electron chi connectivity index (χ0n) is 10.9. The molecule has 0 fully saturated rings. The Labute approximate surface area is 116 Å². The molecular weight excluding hydrogens is 254 g/mol. The maximum atomic E-state index is 5.95. The minimum absolute atomic E-state index is 0.0201. The van der Waals surface area contributed by atoms with Crippen molar-refractivity contribution in [2.75, 3.05) is 0 Å². The number of nitrogens with two attached hydrogens (primary N) is 1. The van der Waals surface area contributed by atoms with Gasteiger partial charge in [-0.1, -0.05) is 24.3 Å². The highest BCUT2D eigenvalue weighted by Crippen LogP contribution is 2.30. The second-order valence-electron chi connectivity index (χ2n) is 4.65. The normalized spacial score (nSPS) is 12.8. The molecule has 0 aliphatic carbocycles. The van der Waals surface area contributed by atoms with Crippen LogP contribution in [0.5, 0.6) is 0 Å². The van der Waals surface area contributed by atoms with Crippen LogP contribution < -0.4 is 5.73 Å². The Balaban J connectivity index is 2.11. The molecule has 0 aliphatic rings. The highest BCUT2D eigenvalue weighted by molar-refractivity contribution is 7.15. The maximum absolute atomic E-state index is 5.95. The van der Waals surface area contributed by atoms with E-state index in [0.29, 0.717) is 0 Å². The van der Waals surface area contributed by atoms with Crippen LogP contribution in [0.3, 0.4) is 0 Å². The van der Waals surface area contributed by atoms with E-state index >= 15 is 0 Å². The second kappa shape index (κ2) is 4.72. The van der Waals surface area contributed by atoms with Crippen molar-refractivity contribution < 1.29 is 0 Å². The molecule has 1 unspecified atom stereocenters. The Morgan fingerprint density at radius 2 is 1.89 bits per heavy atom. The van der Waals surface area contributed by atoms with Crippen molar-refractivity contribution in [3.63, 3.8) is 0 Å². The maximum Gasteiger partial charge on any atom is 0.142 e. The van der Waals surface area contributed by atoms with Crippen LogP contribution in [0.15, 0.2) is 36.4 Å². The van der Waals surface area contributed by atoms with Gasteiger partial charge in [-0.2, -0.15) is 0 Å². The van der Waals surface area contributed by atoms with E-state index in [2.05, 4.69) is 22.1 Å². The summed E-state index contributed by atoms with van der Waals surface area (Å²) in [5.74, 6) is 0. The molecule has 96 valence electrons. The van der Waals surface area contributed by atoms with Crippen LogP contribution >= 0.6 is 11.3 Å². The number of aryl methyl sites for hydroxylation is 1. The molecule has 1 atom stereocenters. The zero-order valence-corrected chi connectivity index (χ0v) is 11.7. The molecule has 0 amide bonds. The van der Waals surface area contributed by atoms with Gasteiger partial charge in [0.2, 0.25) is 0 Å². The summed E-state index contributed by atoms with van der Waals surface area (Å²) in [6, 6.07) is 12.2. The lowest BCUT2D eigenvalue weighted by Crippen LogP contribution is -2.03. The Hall–Kier alpha value is -1.78. The largest absolute Gasteiger partial charge is 0.323 e. The molecule has 3 nitrogen and oxygen atoms in total. The van der Waals surface area contributed by atoms with Gasteiger partial charge in [0, 0.05) is 16.3 Å². The Kier molecular flexibility index (Phi) is 3.05. The van der Waals surface area contributed by atoms with Crippen LogP contribution in [0.2, 0.25) is 0 Å². The highest BCUT2D eigenvalue weighted by Gasteiger charge is 2.13. The van der Waals surface area contributed by atoms with Gasteiger partial charge in [0.05, 0.1) is 16.9 Å². The summed E-state index contributed by atoms with van der Waals surface area (Å²) in [4.78, 5) is 10.4. The van der Waals surface area contributed by atoms with Gasteiger partial charge in [-0.05, 0) is 26.0 Å². The van der Waals surface area contributed by atoms with Crippen LogP contribution in [0.25, 0.3) is 21.6 Å². The van der Waals surface area contributed by atoms with Crippen molar-refractivity contribution in [1.29, 1.82) is 0 Å². The molecule has 2 aromatic heterocycles. The van der Waals surface area contributed by atoms with Gasteiger partial charge in [0.15, 0.2) is 0 Å². The van der Waals surface area contributed by atoms with Gasteiger partial charge in [-0.15, -0.1) is 11.3 Å². The van der Waals surface area contributed by atoms with E-state index in [1.807, 2.05) is 38.1 Å². The molecule has 3 aromatic rings. The monoisotopic (exact) mass is 269 g/mol. The topological polar surface area (TPSA) is 51.8 Å². The van der Waals surface area contributed by atoms with Gasteiger partial charge < -0.3 is 5.73 Å². The first-order valence-electron chi connectivity index (χ1n) is 6.24. The zero-order chi connectivity index (χ0) is 13.4. The Morgan fingerprint density at radius 1 is 1.11 bits per heavy atom. The van der Waals surface area contributed by atoms with E-state index in [4.69, 9.17) is 5.73 Å². The molecule has 0 saturated heterocycles. The SMILES string of the molecule is Cc1nc(-c2ccc3ccccc3n2)sc1C(C)N. The summed E-state index contributed by atoms with van der Waals surface area (Å²) in [5.41, 5.74) is 8.86. The molecule has 3 rings (SSSR count). The van der Waals surface area contributed by atoms with Gasteiger partial charge >= 0.3 is 0 Å². The number of hydrogen-bond acceptors (Lipinski definition) is 4. The van der Waals surface area contributed by atoms with Crippen LogP contribution in [0, 0.1) is 6.92 Å². The number of nitrogens with zero attached hydrogens (tertiary/aromatic N) is 2. The number of hydrogen-bond donors (Lipinski definition) is 1. The molecule has 0 radical (unpaired) electrons. The van der Waals surface area contributed by atoms with Crippen LogP contribution in [-0.2, 0) is 0 Å². The van der Waals surface area contributed by atoms with Crippen molar-refractivity contribution in [2.24, 2.45) is 5.73 Å². The lowest BCUT2D eigenvalue weighted by Gasteiger charge is -2.00. The van der Waals surface area contributed by atoms with Gasteiger partial charge in [0.1, 0.15) is 5.01 Å². The number of aromatic nitrogens is 2. The standard InChI is InChI=1S/C15H15N3S/c1-9(16)14-10(2)17-15(19-14)13-8-7-11-5-3-4-6-12(11)18-13/h3-9H,16H2,1-2H3. The quantitative estimate of drug-likeness (QED) is 0.772. The number of benzene rings is 1. The molecule has 2 N–H and O–H groups in total. The van der Waals surface area contributed by atoms with Crippen LogP contribution in [0.4, 0.5) is 0 Å². The molecule has 0 aliphatic heterocycles. The number of thiazole rings is 1. The average molecular weight is 269 g/mol. The van der Waals surface area contributed by atoms with E-state index in [0.717, 1.165) is 32.2 Å². The molecule has 19 heavy (non-hydrogen) atoms. The molecular formula is C15H15N3S. The smallest absolute Gasteiger partial charge is 0.142 e. The molecule has 0 saturated carbocycles. The summed E-state index contributed by atoms with van der Waals surface area (Å²) in [6.45, 7) is 3.98. The molecule has 0 bridgehead atoms. The van der Waals surface area contributed by atoms with Crippen molar-refractivity contribution in [2.45, 2.75) is 19.9 Å². The lowest BCUT2D eigenvalue weighted by molar-refractivity contribution is 0.825. The first kappa shape index (κ1) is 12.3. The van der Waals surface area contributed by atoms with E-state index < -0.39 is 0 Å². The summed E-state index contributed by atoms with van der Waals surface area (Å²) >= 11 is 1.63. The van der Waals surface area contributed by atoms with Crippen molar-refractivity contribution in [3.8, 4) is 10.7 Å². The average Bonchev–Trinajstić information content (AvgIpc) is 2.80. The van der Waals surface area contributed by atoms with E-state index in [-0.39, 0.29) is 6.04 Å². The predicted molar refractivity (Wildman–Crippen MR) is 80.2 cm³/mol. The summed E-state index contributed by atoms with van der Waals surface area (Å²) in [5, 5.41) is 2.09. The third kappa shape index (κ3) is 2.25. The van der Waals surface area contributed by atoms with Gasteiger partial charge in [-0.3, -0.25) is 0 Å². The highest BCUT2D eigenvalue weighted by atomic mass is 32.1. The fourth-order valence-corrected chi connectivity index (χ4v) is 3.11. The fraction of sp³-hybridized carbons (Fsp3) is 0.200. The van der Waals surface area contributed by atoms with Crippen molar-refractivity contribution >= 4 is 22.2 Å². The molecule has 0 spiro atoms. The number of rotatable bonds is 2. The summed E-state index contributed by atoms with van der Waals surface area (Å²) in [7, 11) is 0. The van der Waals surface area contributed by atoms with Crippen molar-refractivity contribution in [1.82, 2.24) is 9.97 Å². The number of pyridine rings is 1. The molecule has 2 heterocycles. The lowest BCUT2D eigenvalue weighted by atomic mass is 10.2. The summed E-state index contributed by atoms with van der Waals surface area (Å²) in [6.07, 6.45) is 0.